The Balaban J connectivity index is 2.03. The molecule has 21 heavy (non-hydrogen) atoms. The average Bonchev–Trinajstić information content (AvgIpc) is 3.00. The van der Waals surface area contributed by atoms with Gasteiger partial charge in [-0.2, -0.15) is 0 Å². The van der Waals surface area contributed by atoms with Crippen molar-refractivity contribution in [3.8, 4) is 5.75 Å². The van der Waals surface area contributed by atoms with Crippen LogP contribution in [0.2, 0.25) is 0 Å². The molecule has 0 spiro atoms. The Morgan fingerprint density at radius 3 is 2.76 bits per heavy atom. The highest BCUT2D eigenvalue weighted by molar-refractivity contribution is 7.10. The maximum atomic E-state index is 5.94. The minimum absolute atomic E-state index is 0.0972. The van der Waals surface area contributed by atoms with Crippen molar-refractivity contribution in [2.24, 2.45) is 0 Å². The summed E-state index contributed by atoms with van der Waals surface area (Å²) in [5, 5.41) is 5.61. The van der Waals surface area contributed by atoms with Gasteiger partial charge in [-0.3, -0.25) is 0 Å². The van der Waals surface area contributed by atoms with Crippen LogP contribution in [-0.4, -0.2) is 13.2 Å². The summed E-state index contributed by atoms with van der Waals surface area (Å²) in [6.07, 6.45) is 0.975. The highest BCUT2D eigenvalue weighted by Gasteiger charge is 2.21. The monoisotopic (exact) mass is 304 g/mol. The van der Waals surface area contributed by atoms with Crippen molar-refractivity contribution in [3.63, 3.8) is 0 Å². The second kappa shape index (κ2) is 6.85. The van der Waals surface area contributed by atoms with Crippen molar-refractivity contribution < 1.29 is 4.74 Å². The first-order chi connectivity index (χ1) is 10.0. The Morgan fingerprint density at radius 2 is 2.10 bits per heavy atom. The molecule has 0 atom stereocenters. The van der Waals surface area contributed by atoms with Gasteiger partial charge in [0.05, 0.1) is 12.3 Å². The molecule has 0 aliphatic rings. The fourth-order valence-electron chi connectivity index (χ4n) is 2.06. The van der Waals surface area contributed by atoms with Gasteiger partial charge in [0.1, 0.15) is 5.75 Å². The van der Waals surface area contributed by atoms with Gasteiger partial charge in [0.25, 0.3) is 0 Å². The zero-order valence-electron chi connectivity index (χ0n) is 13.0. The Morgan fingerprint density at radius 1 is 1.29 bits per heavy atom. The number of hydrogen-bond donors (Lipinski definition) is 2. The van der Waals surface area contributed by atoms with Crippen LogP contribution in [0.1, 0.15) is 32.1 Å². The number of ether oxygens (including phenoxy) is 1. The van der Waals surface area contributed by atoms with Crippen molar-refractivity contribution in [1.29, 1.82) is 0 Å². The molecular weight excluding hydrogens is 280 g/mol. The van der Waals surface area contributed by atoms with E-state index in [-0.39, 0.29) is 5.41 Å². The van der Waals surface area contributed by atoms with Crippen LogP contribution >= 0.6 is 11.3 Å². The molecule has 0 amide bonds. The molecule has 2 rings (SSSR count). The van der Waals surface area contributed by atoms with Crippen LogP contribution in [0.15, 0.2) is 35.7 Å². The molecule has 0 aliphatic heterocycles. The van der Waals surface area contributed by atoms with E-state index >= 15 is 0 Å². The minimum Gasteiger partial charge on any atom is -0.491 e. The summed E-state index contributed by atoms with van der Waals surface area (Å²) in [4.78, 5) is 1.38. The predicted molar refractivity (Wildman–Crippen MR) is 92.5 cm³/mol. The van der Waals surface area contributed by atoms with E-state index in [1.807, 2.05) is 18.2 Å². The lowest BCUT2D eigenvalue weighted by molar-refractivity contribution is 0.319. The van der Waals surface area contributed by atoms with E-state index in [0.29, 0.717) is 12.3 Å². The van der Waals surface area contributed by atoms with Gasteiger partial charge in [0.15, 0.2) is 0 Å². The fraction of sp³-hybridized carbons (Fsp3) is 0.412. The van der Waals surface area contributed by atoms with Gasteiger partial charge in [-0.15, -0.1) is 11.3 Å². The first-order valence-corrected chi connectivity index (χ1v) is 8.21. The number of nitrogen functional groups attached to an aromatic ring is 1. The molecule has 1 heterocycles. The van der Waals surface area contributed by atoms with Crippen LogP contribution in [0.4, 0.5) is 11.4 Å². The number of nitrogens with two attached hydrogens (primary N) is 1. The van der Waals surface area contributed by atoms with Crippen molar-refractivity contribution in [2.75, 3.05) is 24.2 Å². The predicted octanol–water partition coefficient (Wildman–Crippen LogP) is 4.51. The van der Waals surface area contributed by atoms with Crippen molar-refractivity contribution >= 4 is 22.7 Å². The second-order valence-corrected chi connectivity index (χ2v) is 6.76. The van der Waals surface area contributed by atoms with Gasteiger partial charge in [-0.05, 0) is 30.0 Å². The van der Waals surface area contributed by atoms with Gasteiger partial charge < -0.3 is 15.8 Å². The molecule has 1 aromatic carbocycles. The first kappa shape index (κ1) is 15.7. The second-order valence-electron chi connectivity index (χ2n) is 5.82. The van der Waals surface area contributed by atoms with E-state index in [1.165, 1.54) is 4.88 Å². The summed E-state index contributed by atoms with van der Waals surface area (Å²) in [5.74, 6) is 0.760. The third kappa shape index (κ3) is 4.14. The van der Waals surface area contributed by atoms with E-state index in [0.717, 1.165) is 24.4 Å². The lowest BCUT2D eigenvalue weighted by atomic mass is 9.91. The van der Waals surface area contributed by atoms with E-state index in [1.54, 1.807) is 11.3 Å². The lowest BCUT2D eigenvalue weighted by Crippen LogP contribution is -2.26. The van der Waals surface area contributed by atoms with Crippen molar-refractivity contribution in [3.05, 3.63) is 40.6 Å². The standard InChI is InChI=1S/C17H24N2OS/c1-4-9-20-15-11-13(7-8-14(15)18)19-12-17(2,3)16-6-5-10-21-16/h5-8,10-11,19H,4,9,12,18H2,1-3H3. The molecule has 114 valence electrons. The smallest absolute Gasteiger partial charge is 0.144 e. The molecule has 2 aromatic rings. The Bertz CT molecular complexity index is 564. The minimum atomic E-state index is 0.0972. The maximum Gasteiger partial charge on any atom is 0.144 e. The van der Waals surface area contributed by atoms with E-state index in [2.05, 4.69) is 43.6 Å². The zero-order chi connectivity index (χ0) is 15.3. The molecule has 0 fully saturated rings. The van der Waals surface area contributed by atoms with Gasteiger partial charge in [-0.1, -0.05) is 26.8 Å². The summed E-state index contributed by atoms with van der Waals surface area (Å²) in [5.41, 5.74) is 7.76. The van der Waals surface area contributed by atoms with Crippen LogP contribution in [0.25, 0.3) is 0 Å². The molecule has 3 N–H and O–H groups in total. The number of hydrogen-bond acceptors (Lipinski definition) is 4. The molecule has 0 unspecified atom stereocenters. The number of benzene rings is 1. The van der Waals surface area contributed by atoms with E-state index < -0.39 is 0 Å². The van der Waals surface area contributed by atoms with Crippen LogP contribution in [0.3, 0.4) is 0 Å². The number of anilines is 2. The highest BCUT2D eigenvalue weighted by Crippen LogP contribution is 2.30. The summed E-state index contributed by atoms with van der Waals surface area (Å²) in [7, 11) is 0. The quantitative estimate of drug-likeness (QED) is 0.740. The van der Waals surface area contributed by atoms with Crippen molar-refractivity contribution in [1.82, 2.24) is 0 Å². The van der Waals surface area contributed by atoms with Crippen LogP contribution in [0.5, 0.6) is 5.75 Å². The Hall–Kier alpha value is -1.68. The SMILES string of the molecule is CCCOc1cc(NCC(C)(C)c2cccs2)ccc1N. The fourth-order valence-corrected chi connectivity index (χ4v) is 2.91. The molecular formula is C17H24N2OS. The van der Waals surface area contributed by atoms with Crippen molar-refractivity contribution in [2.45, 2.75) is 32.6 Å². The molecule has 0 aliphatic carbocycles. The van der Waals surface area contributed by atoms with Gasteiger partial charge >= 0.3 is 0 Å². The molecule has 0 saturated heterocycles. The molecule has 3 nitrogen and oxygen atoms in total. The van der Waals surface area contributed by atoms with E-state index in [4.69, 9.17) is 10.5 Å². The number of thiophene rings is 1. The van der Waals surface area contributed by atoms with Gasteiger partial charge in [0.2, 0.25) is 0 Å². The summed E-state index contributed by atoms with van der Waals surface area (Å²) in [6, 6.07) is 10.2. The van der Waals surface area contributed by atoms with E-state index in [9.17, 15) is 0 Å². The highest BCUT2D eigenvalue weighted by atomic mass is 32.1. The molecule has 4 heteroatoms. The first-order valence-electron chi connectivity index (χ1n) is 7.33. The van der Waals surface area contributed by atoms with Crippen LogP contribution in [0, 0.1) is 0 Å². The maximum absolute atomic E-state index is 5.94. The topological polar surface area (TPSA) is 47.3 Å². The molecule has 0 bridgehead atoms. The third-order valence-corrected chi connectivity index (χ3v) is 4.63. The largest absolute Gasteiger partial charge is 0.491 e. The van der Waals surface area contributed by atoms with Crippen LogP contribution < -0.4 is 15.8 Å². The number of rotatable bonds is 7. The van der Waals surface area contributed by atoms with Crippen LogP contribution in [-0.2, 0) is 5.41 Å². The van der Waals surface area contributed by atoms with Gasteiger partial charge in [-0.25, -0.2) is 0 Å². The average molecular weight is 304 g/mol. The summed E-state index contributed by atoms with van der Waals surface area (Å²) in [6.45, 7) is 8.14. The number of nitrogens with one attached hydrogen (secondary N) is 1. The Kier molecular flexibility index (Phi) is 5.12. The molecule has 0 radical (unpaired) electrons. The lowest BCUT2D eigenvalue weighted by Gasteiger charge is -2.24. The Labute approximate surface area is 131 Å². The third-order valence-electron chi connectivity index (χ3n) is 3.40. The molecule has 0 saturated carbocycles. The molecule has 1 aromatic heterocycles. The summed E-state index contributed by atoms with van der Waals surface area (Å²) >= 11 is 1.80. The zero-order valence-corrected chi connectivity index (χ0v) is 13.8. The van der Waals surface area contributed by atoms with Gasteiger partial charge in [0, 0.05) is 28.6 Å². The summed E-state index contributed by atoms with van der Waals surface area (Å²) < 4.78 is 5.67. The normalized spacial score (nSPS) is 11.4.